The van der Waals surface area contributed by atoms with E-state index in [1.54, 1.807) is 0 Å². The molecule has 27 heavy (non-hydrogen) atoms. The molecule has 0 unspecified atom stereocenters. The van der Waals surface area contributed by atoms with Crippen molar-refractivity contribution in [3.05, 3.63) is 117 Å². The molecule has 4 aromatic carbocycles. The van der Waals surface area contributed by atoms with E-state index in [-0.39, 0.29) is 14.9 Å². The van der Waals surface area contributed by atoms with Crippen LogP contribution >= 0.6 is 0 Å². The Morgan fingerprint density at radius 2 is 1.56 bits per heavy atom. The SMILES string of the molecule is C[CH]=[Ti].[CH3-].[CH3-].[c-]1cccc2c1Cc1ccccc1-2.c1ccc2[cH-]ccc2c1. The van der Waals surface area contributed by atoms with Gasteiger partial charge in [0.2, 0.25) is 0 Å². The molecule has 0 heterocycles. The first-order valence-electron chi connectivity index (χ1n) is 8.47. The van der Waals surface area contributed by atoms with E-state index in [0.29, 0.717) is 0 Å². The van der Waals surface area contributed by atoms with Crippen LogP contribution in [0.2, 0.25) is 0 Å². The van der Waals surface area contributed by atoms with Gasteiger partial charge in [0.15, 0.2) is 0 Å². The zero-order valence-corrected chi connectivity index (χ0v) is 17.9. The second-order valence-corrected chi connectivity index (χ2v) is 6.74. The third-order valence-electron chi connectivity index (χ3n) is 4.16. The Kier molecular flexibility index (Phi) is 9.79. The van der Waals surface area contributed by atoms with Gasteiger partial charge in [-0.2, -0.15) is 47.3 Å². The first-order valence-corrected chi connectivity index (χ1v) is 9.37. The van der Waals surface area contributed by atoms with Crippen molar-refractivity contribution in [2.24, 2.45) is 0 Å². The van der Waals surface area contributed by atoms with Crippen molar-refractivity contribution in [1.29, 1.82) is 0 Å². The van der Waals surface area contributed by atoms with Crippen molar-refractivity contribution in [2.75, 3.05) is 0 Å². The fourth-order valence-corrected chi connectivity index (χ4v) is 3.07. The number of benzene rings is 3. The smallest absolute Gasteiger partial charge is 0.0253 e. The first-order chi connectivity index (χ1) is 12.3. The molecule has 0 bridgehead atoms. The summed E-state index contributed by atoms with van der Waals surface area (Å²) in [6.45, 7) is 2.00. The van der Waals surface area contributed by atoms with Crippen molar-refractivity contribution >= 4 is 15.1 Å². The van der Waals surface area contributed by atoms with Gasteiger partial charge in [-0.1, -0.05) is 41.5 Å². The molecule has 0 nitrogen and oxygen atoms in total. The molecule has 0 spiro atoms. The summed E-state index contributed by atoms with van der Waals surface area (Å²) in [5, 5.41) is 2.66. The van der Waals surface area contributed by atoms with Gasteiger partial charge in [0, 0.05) is 0 Å². The summed E-state index contributed by atoms with van der Waals surface area (Å²) >= 11 is 2.00. The molecule has 1 aliphatic carbocycles. The molecule has 4 aromatic rings. The molecular weight excluding hydrogens is 360 g/mol. The second kappa shape index (κ2) is 11.5. The Labute approximate surface area is 176 Å². The summed E-state index contributed by atoms with van der Waals surface area (Å²) in [5.41, 5.74) is 5.51. The van der Waals surface area contributed by atoms with Crippen LogP contribution in [0, 0.1) is 20.9 Å². The molecule has 1 aliphatic rings. The van der Waals surface area contributed by atoms with Crippen LogP contribution in [0.25, 0.3) is 21.9 Å². The van der Waals surface area contributed by atoms with Crippen molar-refractivity contribution < 1.29 is 20.0 Å². The Hall–Kier alpha value is -2.15. The Balaban J connectivity index is 0.000000231. The third kappa shape index (κ3) is 5.66. The monoisotopic (exact) mass is 386 g/mol. The summed E-state index contributed by atoms with van der Waals surface area (Å²) in [6, 6.07) is 32.8. The van der Waals surface area contributed by atoms with Gasteiger partial charge in [0.1, 0.15) is 0 Å². The maximum atomic E-state index is 3.30. The Bertz CT molecular complexity index is 889. The summed E-state index contributed by atoms with van der Waals surface area (Å²) in [5.74, 6) is 0. The van der Waals surface area contributed by atoms with Gasteiger partial charge in [-0.15, -0.1) is 35.2 Å². The molecule has 1 heteroatoms. The Morgan fingerprint density at radius 3 is 2.33 bits per heavy atom. The topological polar surface area (TPSA) is 0 Å². The van der Waals surface area contributed by atoms with Crippen molar-refractivity contribution in [1.82, 2.24) is 0 Å². The van der Waals surface area contributed by atoms with Crippen molar-refractivity contribution in [3.63, 3.8) is 0 Å². The molecule has 0 saturated carbocycles. The van der Waals surface area contributed by atoms with Crippen LogP contribution in [0.15, 0.2) is 84.9 Å². The van der Waals surface area contributed by atoms with Gasteiger partial charge in [0.05, 0.1) is 0 Å². The van der Waals surface area contributed by atoms with Crippen LogP contribution in [0.4, 0.5) is 0 Å². The van der Waals surface area contributed by atoms with E-state index in [9.17, 15) is 0 Å². The largest absolute Gasteiger partial charge is 0.358 e. The van der Waals surface area contributed by atoms with Crippen LogP contribution in [0.5, 0.6) is 0 Å². The zero-order chi connectivity index (χ0) is 17.5. The van der Waals surface area contributed by atoms with Crippen LogP contribution in [0.3, 0.4) is 0 Å². The maximum Gasteiger partial charge on any atom is -0.0253 e. The Morgan fingerprint density at radius 1 is 0.889 bits per heavy atom. The normalized spacial score (nSPS) is 9.78. The summed E-state index contributed by atoms with van der Waals surface area (Å²) in [4.78, 5) is 0. The minimum Gasteiger partial charge on any atom is -0.358 e. The summed E-state index contributed by atoms with van der Waals surface area (Å²) < 4.78 is 2.00. The standard InChI is InChI=1S/C13H9.C9H7.C2H4.2CH3.Ti/c1-3-7-12-10(5-1)9-11-6-2-4-8-13(11)12;1-2-5-9-7-3-6-8(9)4-1;1-2;;;/h1-5,7-8H,9H2;1-7H;1H,2H3;2*1H3;/q2*-1;;2*-1;. The first kappa shape index (κ1) is 22.9. The van der Waals surface area contributed by atoms with E-state index in [1.807, 2.05) is 37.3 Å². The van der Waals surface area contributed by atoms with Gasteiger partial charge in [-0.25, -0.2) is 0 Å². The average Bonchev–Trinajstić information content (AvgIpc) is 3.27. The molecular formula is C26H26Ti-4. The van der Waals surface area contributed by atoms with Crippen LogP contribution in [-0.2, 0) is 26.4 Å². The number of hydrogen-bond acceptors (Lipinski definition) is 0. The fourth-order valence-electron chi connectivity index (χ4n) is 3.07. The van der Waals surface area contributed by atoms with E-state index < -0.39 is 0 Å². The summed E-state index contributed by atoms with van der Waals surface area (Å²) in [6.07, 6.45) is 1.05. The molecule has 0 fully saturated rings. The molecule has 5 rings (SSSR count). The van der Waals surface area contributed by atoms with E-state index in [4.69, 9.17) is 0 Å². The van der Waals surface area contributed by atoms with E-state index in [0.717, 1.165) is 6.42 Å². The minimum atomic E-state index is 0. The maximum absolute atomic E-state index is 3.30. The molecule has 0 atom stereocenters. The molecule has 0 saturated heterocycles. The predicted molar refractivity (Wildman–Crippen MR) is 118 cm³/mol. The molecule has 138 valence electrons. The predicted octanol–water partition coefficient (Wildman–Crippen LogP) is 6.87. The molecule has 0 N–H and O–H groups in total. The van der Waals surface area contributed by atoms with E-state index in [2.05, 4.69) is 84.9 Å². The van der Waals surface area contributed by atoms with Gasteiger partial charge < -0.3 is 14.9 Å². The average molecular weight is 386 g/mol. The fraction of sp³-hybridized carbons (Fsp3) is 0.0769. The summed E-state index contributed by atoms with van der Waals surface area (Å²) in [7, 11) is 0. The third-order valence-corrected chi connectivity index (χ3v) is 4.16. The van der Waals surface area contributed by atoms with Crippen molar-refractivity contribution in [3.8, 4) is 11.1 Å². The second-order valence-electron chi connectivity index (χ2n) is 5.84. The van der Waals surface area contributed by atoms with Gasteiger partial charge in [-0.3, -0.25) is 0 Å². The van der Waals surface area contributed by atoms with Crippen LogP contribution in [-0.4, -0.2) is 4.31 Å². The number of rotatable bonds is 0. The van der Waals surface area contributed by atoms with Crippen LogP contribution < -0.4 is 0 Å². The van der Waals surface area contributed by atoms with Crippen molar-refractivity contribution in [2.45, 2.75) is 13.3 Å². The van der Waals surface area contributed by atoms with Gasteiger partial charge >= 0.3 is 31.2 Å². The molecule has 0 aromatic heterocycles. The number of hydrogen-bond donors (Lipinski definition) is 0. The van der Waals surface area contributed by atoms with Crippen LogP contribution in [0.1, 0.15) is 18.1 Å². The quantitative estimate of drug-likeness (QED) is 0.201. The molecule has 0 amide bonds. The van der Waals surface area contributed by atoms with E-state index in [1.165, 1.54) is 33.0 Å². The van der Waals surface area contributed by atoms with Gasteiger partial charge in [-0.05, 0) is 6.42 Å². The molecule has 0 aliphatic heterocycles. The molecule has 0 radical (unpaired) electrons. The zero-order valence-electron chi connectivity index (χ0n) is 16.4. The van der Waals surface area contributed by atoms with E-state index >= 15 is 0 Å². The number of fused-ring (bicyclic) bond motifs is 4. The minimum absolute atomic E-state index is 0. The van der Waals surface area contributed by atoms with Gasteiger partial charge in [0.25, 0.3) is 0 Å².